The Morgan fingerprint density at radius 3 is 2.62 bits per heavy atom. The summed E-state index contributed by atoms with van der Waals surface area (Å²) >= 11 is 0. The van der Waals surface area contributed by atoms with Crippen molar-refractivity contribution in [2.75, 3.05) is 0 Å². The number of ketones is 1. The van der Waals surface area contributed by atoms with E-state index < -0.39 is 5.60 Å². The Bertz CT molecular complexity index is 645. The van der Waals surface area contributed by atoms with Crippen LogP contribution in [0.15, 0.2) is 0 Å². The summed E-state index contributed by atoms with van der Waals surface area (Å²) in [4.78, 5) is 12.9. The van der Waals surface area contributed by atoms with Gasteiger partial charge in [0.2, 0.25) is 0 Å². The van der Waals surface area contributed by atoms with E-state index in [1.54, 1.807) is 0 Å². The highest BCUT2D eigenvalue weighted by Gasteiger charge is 2.78. The van der Waals surface area contributed by atoms with Crippen molar-refractivity contribution in [2.45, 2.75) is 70.5 Å². The summed E-state index contributed by atoms with van der Waals surface area (Å²) in [5.41, 5.74) is -0.760. The lowest BCUT2D eigenvalue weighted by atomic mass is 9.43. The molecule has 0 radical (unpaired) electrons. The predicted octanol–water partition coefficient (Wildman–Crippen LogP) is 2.79. The second kappa shape index (κ2) is 3.96. The van der Waals surface area contributed by atoms with Crippen LogP contribution < -0.4 is 0 Å². The molecular formula is C21H30O3. The standard InChI is InChI=1S/C21H30O3/c1-19-5-4-14-16(17(19)11-7-12(11)18(19)23)13-8-15(13)21(24)9-10(22)3-6-20(14,21)2/h10-17,22,24H,3-9H2,1-2H3/t10?,11?,12-,13-,14?,15+,16?,17?,19?,20?,21?/m0/s1. The second-order valence-electron chi connectivity index (χ2n) is 10.8. The van der Waals surface area contributed by atoms with Crippen molar-refractivity contribution in [3.63, 3.8) is 0 Å². The highest BCUT2D eigenvalue weighted by atomic mass is 16.3. The normalized spacial score (nSPS) is 69.1. The maximum absolute atomic E-state index is 12.9. The quantitative estimate of drug-likeness (QED) is 0.718. The summed E-state index contributed by atoms with van der Waals surface area (Å²) in [6.45, 7) is 4.60. The van der Waals surface area contributed by atoms with Crippen molar-refractivity contribution in [3.8, 4) is 0 Å². The van der Waals surface area contributed by atoms with Gasteiger partial charge in [-0.1, -0.05) is 13.8 Å². The molecule has 6 rings (SSSR count). The van der Waals surface area contributed by atoms with Gasteiger partial charge in [0.1, 0.15) is 5.78 Å². The topological polar surface area (TPSA) is 57.5 Å². The Labute approximate surface area is 144 Å². The zero-order valence-electron chi connectivity index (χ0n) is 14.9. The van der Waals surface area contributed by atoms with Gasteiger partial charge in [0, 0.05) is 17.8 Å². The van der Waals surface area contributed by atoms with Crippen molar-refractivity contribution in [3.05, 3.63) is 0 Å². The Balaban J connectivity index is 1.45. The largest absolute Gasteiger partial charge is 0.393 e. The summed E-state index contributed by atoms with van der Waals surface area (Å²) in [6, 6.07) is 0. The molecule has 8 unspecified atom stereocenters. The third kappa shape index (κ3) is 1.37. The smallest absolute Gasteiger partial charge is 0.142 e. The average molecular weight is 330 g/mol. The van der Waals surface area contributed by atoms with E-state index in [2.05, 4.69) is 13.8 Å². The molecule has 11 atom stereocenters. The minimum Gasteiger partial charge on any atom is -0.393 e. The van der Waals surface area contributed by atoms with E-state index in [1.165, 1.54) is 0 Å². The van der Waals surface area contributed by atoms with Gasteiger partial charge < -0.3 is 10.2 Å². The first-order chi connectivity index (χ1) is 11.3. The third-order valence-electron chi connectivity index (χ3n) is 10.1. The van der Waals surface area contributed by atoms with Crippen LogP contribution in [-0.2, 0) is 4.79 Å². The van der Waals surface area contributed by atoms with Crippen molar-refractivity contribution < 1.29 is 15.0 Å². The van der Waals surface area contributed by atoms with Crippen molar-refractivity contribution >= 4 is 5.78 Å². The fraction of sp³-hybridized carbons (Fsp3) is 0.952. The second-order valence-corrected chi connectivity index (χ2v) is 10.8. The van der Waals surface area contributed by atoms with Gasteiger partial charge in [-0.3, -0.25) is 4.79 Å². The molecule has 3 heteroatoms. The number of hydrogen-bond acceptors (Lipinski definition) is 3. The summed E-state index contributed by atoms with van der Waals surface area (Å²) in [6.07, 6.45) is 6.50. The lowest BCUT2D eigenvalue weighted by molar-refractivity contribution is -0.225. The molecule has 0 aromatic rings. The maximum atomic E-state index is 12.9. The van der Waals surface area contributed by atoms with Gasteiger partial charge in [-0.05, 0) is 79.4 Å². The molecule has 0 amide bonds. The zero-order chi connectivity index (χ0) is 16.6. The molecule has 3 nitrogen and oxygen atoms in total. The number of aliphatic hydroxyl groups excluding tert-OH is 1. The van der Waals surface area contributed by atoms with Gasteiger partial charge >= 0.3 is 0 Å². The van der Waals surface area contributed by atoms with Crippen LogP contribution in [0.2, 0.25) is 0 Å². The summed E-state index contributed by atoms with van der Waals surface area (Å²) < 4.78 is 0. The molecule has 0 aliphatic heterocycles. The first-order valence-corrected chi connectivity index (χ1v) is 10.3. The Morgan fingerprint density at radius 2 is 1.83 bits per heavy atom. The number of rotatable bonds is 0. The minimum atomic E-state index is -0.657. The van der Waals surface area contributed by atoms with Crippen LogP contribution >= 0.6 is 0 Å². The summed E-state index contributed by atoms with van der Waals surface area (Å²) in [5.74, 6) is 4.46. The lowest BCUT2D eigenvalue weighted by Crippen LogP contribution is -2.64. The van der Waals surface area contributed by atoms with E-state index in [4.69, 9.17) is 0 Å². The SMILES string of the molecule is CC12CCC3C(C1C1C[C@@H]1C2=O)[C@H]1C[C@H]1C1(O)CC(O)CCC31C. The fourth-order valence-corrected chi connectivity index (χ4v) is 8.83. The number of fused-ring (bicyclic) bond motifs is 10. The van der Waals surface area contributed by atoms with Crippen LogP contribution in [0, 0.1) is 52.3 Å². The molecule has 0 aromatic carbocycles. The zero-order valence-corrected chi connectivity index (χ0v) is 14.9. The van der Waals surface area contributed by atoms with E-state index in [0.29, 0.717) is 53.6 Å². The van der Waals surface area contributed by atoms with Gasteiger partial charge in [-0.2, -0.15) is 0 Å². The van der Waals surface area contributed by atoms with E-state index >= 15 is 0 Å². The van der Waals surface area contributed by atoms with Gasteiger partial charge in [-0.25, -0.2) is 0 Å². The molecule has 2 N–H and O–H groups in total. The van der Waals surface area contributed by atoms with Crippen molar-refractivity contribution in [2.24, 2.45) is 52.3 Å². The Hall–Kier alpha value is -0.410. The van der Waals surface area contributed by atoms with E-state index in [1.807, 2.05) is 0 Å². The molecule has 6 fully saturated rings. The van der Waals surface area contributed by atoms with Gasteiger partial charge in [-0.15, -0.1) is 0 Å². The molecule has 6 aliphatic carbocycles. The molecule has 0 aromatic heterocycles. The number of carbonyl (C=O) groups excluding carboxylic acids is 1. The van der Waals surface area contributed by atoms with Gasteiger partial charge in [0.05, 0.1) is 11.7 Å². The average Bonchev–Trinajstić information content (AvgIpc) is 3.41. The molecule has 0 spiro atoms. The molecule has 0 heterocycles. The maximum Gasteiger partial charge on any atom is 0.142 e. The molecule has 6 aliphatic rings. The third-order valence-corrected chi connectivity index (χ3v) is 10.1. The molecule has 6 saturated carbocycles. The first kappa shape index (κ1) is 14.7. The van der Waals surface area contributed by atoms with Crippen LogP contribution in [0.3, 0.4) is 0 Å². The van der Waals surface area contributed by atoms with Crippen LogP contribution in [0.25, 0.3) is 0 Å². The highest BCUT2D eigenvalue weighted by molar-refractivity contribution is 5.92. The van der Waals surface area contributed by atoms with Crippen molar-refractivity contribution in [1.82, 2.24) is 0 Å². The Morgan fingerprint density at radius 1 is 1.04 bits per heavy atom. The van der Waals surface area contributed by atoms with Crippen LogP contribution in [-0.4, -0.2) is 27.7 Å². The van der Waals surface area contributed by atoms with Crippen molar-refractivity contribution in [1.29, 1.82) is 0 Å². The monoisotopic (exact) mass is 330 g/mol. The molecule has 0 bridgehead atoms. The fourth-order valence-electron chi connectivity index (χ4n) is 8.83. The van der Waals surface area contributed by atoms with Crippen LogP contribution in [0.1, 0.15) is 58.8 Å². The van der Waals surface area contributed by atoms with Gasteiger partial charge in [0.25, 0.3) is 0 Å². The number of hydrogen-bond donors (Lipinski definition) is 2. The first-order valence-electron chi connectivity index (χ1n) is 10.3. The number of aliphatic hydroxyl groups is 2. The molecule has 132 valence electrons. The molecule has 0 saturated heterocycles. The predicted molar refractivity (Wildman–Crippen MR) is 88.9 cm³/mol. The van der Waals surface area contributed by atoms with Gasteiger partial charge in [0.15, 0.2) is 0 Å². The summed E-state index contributed by atoms with van der Waals surface area (Å²) in [5, 5.41) is 21.9. The minimum absolute atomic E-state index is 0.0497. The summed E-state index contributed by atoms with van der Waals surface area (Å²) in [7, 11) is 0. The number of Topliss-reactive ketones (excluding diaryl/α,β-unsaturated/α-hetero) is 1. The van der Waals surface area contributed by atoms with Crippen LogP contribution in [0.5, 0.6) is 0 Å². The Kier molecular flexibility index (Phi) is 2.43. The van der Waals surface area contributed by atoms with Crippen LogP contribution in [0.4, 0.5) is 0 Å². The highest BCUT2D eigenvalue weighted by Crippen LogP contribution is 2.78. The van der Waals surface area contributed by atoms with E-state index in [-0.39, 0.29) is 16.9 Å². The van der Waals surface area contributed by atoms with E-state index in [0.717, 1.165) is 38.5 Å². The lowest BCUT2D eigenvalue weighted by Gasteiger charge is -2.63. The molecule has 24 heavy (non-hydrogen) atoms. The number of carbonyl (C=O) groups is 1. The van der Waals surface area contributed by atoms with E-state index in [9.17, 15) is 15.0 Å². The molecular weight excluding hydrogens is 300 g/mol.